The Morgan fingerprint density at radius 1 is 1.22 bits per heavy atom. The van der Waals surface area contributed by atoms with Crippen molar-refractivity contribution in [2.45, 2.75) is 45.6 Å². The standard InChI is InChI=1S/C18H21N3O2/c1-11-4-7-15(10-12(11)2)19-18(23)13(3)21-17(22)9-8-16(20-21)14-5-6-14/h4,7-10,13-14H,5-6H2,1-3H3,(H,19,23). The van der Waals surface area contributed by atoms with Crippen molar-refractivity contribution in [1.82, 2.24) is 9.78 Å². The zero-order valence-corrected chi connectivity index (χ0v) is 13.7. The highest BCUT2D eigenvalue weighted by Gasteiger charge is 2.27. The van der Waals surface area contributed by atoms with Crippen LogP contribution in [0, 0.1) is 13.8 Å². The van der Waals surface area contributed by atoms with Gasteiger partial charge in [-0.05, 0) is 62.9 Å². The van der Waals surface area contributed by atoms with Crippen LogP contribution in [0.1, 0.15) is 48.5 Å². The van der Waals surface area contributed by atoms with E-state index in [0.29, 0.717) is 5.92 Å². The molecule has 2 aromatic rings. The molecule has 0 saturated heterocycles. The van der Waals surface area contributed by atoms with E-state index in [9.17, 15) is 9.59 Å². The number of aryl methyl sites for hydroxylation is 2. The van der Waals surface area contributed by atoms with Gasteiger partial charge in [-0.2, -0.15) is 5.10 Å². The fraction of sp³-hybridized carbons (Fsp3) is 0.389. The van der Waals surface area contributed by atoms with Gasteiger partial charge >= 0.3 is 0 Å². The van der Waals surface area contributed by atoms with E-state index >= 15 is 0 Å². The summed E-state index contributed by atoms with van der Waals surface area (Å²) in [4.78, 5) is 24.5. The van der Waals surface area contributed by atoms with Crippen LogP contribution in [-0.2, 0) is 4.79 Å². The van der Waals surface area contributed by atoms with Crippen molar-refractivity contribution in [3.8, 4) is 0 Å². The first-order chi connectivity index (χ1) is 11.0. The lowest BCUT2D eigenvalue weighted by atomic mass is 10.1. The summed E-state index contributed by atoms with van der Waals surface area (Å²) < 4.78 is 1.28. The van der Waals surface area contributed by atoms with Gasteiger partial charge in [0, 0.05) is 17.7 Å². The maximum atomic E-state index is 12.4. The molecule has 0 bridgehead atoms. The molecule has 0 radical (unpaired) electrons. The second-order valence-corrected chi connectivity index (χ2v) is 6.28. The van der Waals surface area contributed by atoms with E-state index in [1.165, 1.54) is 16.3 Å². The summed E-state index contributed by atoms with van der Waals surface area (Å²) in [6.45, 7) is 5.72. The first kappa shape index (κ1) is 15.5. The zero-order valence-electron chi connectivity index (χ0n) is 13.7. The molecule has 0 spiro atoms. The van der Waals surface area contributed by atoms with E-state index in [4.69, 9.17) is 0 Å². The third-order valence-corrected chi connectivity index (χ3v) is 4.36. The molecule has 1 fully saturated rings. The van der Waals surface area contributed by atoms with Crippen LogP contribution in [0.5, 0.6) is 0 Å². The van der Waals surface area contributed by atoms with E-state index in [1.54, 1.807) is 13.0 Å². The fourth-order valence-corrected chi connectivity index (χ4v) is 2.49. The smallest absolute Gasteiger partial charge is 0.267 e. The molecule has 1 atom stereocenters. The van der Waals surface area contributed by atoms with Gasteiger partial charge in [0.25, 0.3) is 5.56 Å². The Morgan fingerprint density at radius 3 is 2.61 bits per heavy atom. The largest absolute Gasteiger partial charge is 0.324 e. The highest BCUT2D eigenvalue weighted by Crippen LogP contribution is 2.38. The Bertz CT molecular complexity index is 806. The number of hydrogen-bond acceptors (Lipinski definition) is 3. The van der Waals surface area contributed by atoms with Gasteiger partial charge in [0.05, 0.1) is 5.69 Å². The van der Waals surface area contributed by atoms with Crippen LogP contribution in [0.4, 0.5) is 5.69 Å². The van der Waals surface area contributed by atoms with Crippen molar-refractivity contribution < 1.29 is 4.79 Å². The predicted molar refractivity (Wildman–Crippen MR) is 89.7 cm³/mol. The van der Waals surface area contributed by atoms with Crippen LogP contribution in [0.2, 0.25) is 0 Å². The minimum Gasteiger partial charge on any atom is -0.324 e. The van der Waals surface area contributed by atoms with Crippen LogP contribution in [0.15, 0.2) is 35.1 Å². The Balaban J connectivity index is 1.80. The van der Waals surface area contributed by atoms with Crippen LogP contribution in [0.3, 0.4) is 0 Å². The number of benzene rings is 1. The Hall–Kier alpha value is -2.43. The third-order valence-electron chi connectivity index (χ3n) is 4.36. The van der Waals surface area contributed by atoms with Crippen LogP contribution >= 0.6 is 0 Å². The number of carbonyl (C=O) groups excluding carboxylic acids is 1. The summed E-state index contributed by atoms with van der Waals surface area (Å²) in [7, 11) is 0. The molecule has 3 rings (SSSR count). The van der Waals surface area contributed by atoms with Gasteiger partial charge < -0.3 is 5.32 Å². The van der Waals surface area contributed by atoms with Gasteiger partial charge in [-0.1, -0.05) is 6.07 Å². The van der Waals surface area contributed by atoms with Gasteiger partial charge in [0.15, 0.2) is 0 Å². The lowest BCUT2D eigenvalue weighted by molar-refractivity contribution is -0.119. The molecule has 1 amide bonds. The second kappa shape index (κ2) is 5.99. The topological polar surface area (TPSA) is 64.0 Å². The average Bonchev–Trinajstić information content (AvgIpc) is 3.35. The van der Waals surface area contributed by atoms with E-state index in [-0.39, 0.29) is 11.5 Å². The zero-order chi connectivity index (χ0) is 16.6. The first-order valence-electron chi connectivity index (χ1n) is 7.93. The van der Waals surface area contributed by atoms with Gasteiger partial charge in [-0.15, -0.1) is 0 Å². The highest BCUT2D eigenvalue weighted by molar-refractivity contribution is 5.93. The number of aromatic nitrogens is 2. The summed E-state index contributed by atoms with van der Waals surface area (Å²) in [5.74, 6) is 0.202. The van der Waals surface area contributed by atoms with Crippen molar-refractivity contribution in [3.05, 3.63) is 57.5 Å². The van der Waals surface area contributed by atoms with E-state index in [0.717, 1.165) is 29.8 Å². The maximum absolute atomic E-state index is 12.4. The van der Waals surface area contributed by atoms with Gasteiger partial charge in [0.2, 0.25) is 5.91 Å². The Kier molecular flexibility index (Phi) is 4.03. The molecule has 1 heterocycles. The lowest BCUT2D eigenvalue weighted by Gasteiger charge is -2.15. The molecule has 1 aliphatic carbocycles. The van der Waals surface area contributed by atoms with Crippen molar-refractivity contribution in [3.63, 3.8) is 0 Å². The molecule has 1 saturated carbocycles. The molecule has 1 aromatic carbocycles. The lowest BCUT2D eigenvalue weighted by Crippen LogP contribution is -2.33. The molecule has 1 aliphatic rings. The van der Waals surface area contributed by atoms with Crippen LogP contribution < -0.4 is 10.9 Å². The quantitative estimate of drug-likeness (QED) is 0.944. The number of nitrogens with zero attached hydrogens (tertiary/aromatic N) is 2. The van der Waals surface area contributed by atoms with E-state index < -0.39 is 6.04 Å². The molecule has 0 aliphatic heterocycles. The number of nitrogens with one attached hydrogen (secondary N) is 1. The predicted octanol–water partition coefficient (Wildman–Crippen LogP) is 2.94. The number of hydrogen-bond donors (Lipinski definition) is 1. The maximum Gasteiger partial charge on any atom is 0.267 e. The molecule has 1 N–H and O–H groups in total. The summed E-state index contributed by atoms with van der Waals surface area (Å²) in [5, 5.41) is 7.23. The minimum absolute atomic E-state index is 0.240. The number of anilines is 1. The monoisotopic (exact) mass is 311 g/mol. The molecule has 1 aromatic heterocycles. The highest BCUT2D eigenvalue weighted by atomic mass is 16.2. The van der Waals surface area contributed by atoms with Crippen molar-refractivity contribution in [2.75, 3.05) is 5.32 Å². The molecular weight excluding hydrogens is 290 g/mol. The molecular formula is C18H21N3O2. The molecule has 23 heavy (non-hydrogen) atoms. The van der Waals surface area contributed by atoms with Crippen LogP contribution in [0.25, 0.3) is 0 Å². The molecule has 5 heteroatoms. The van der Waals surface area contributed by atoms with Crippen molar-refractivity contribution in [2.24, 2.45) is 0 Å². The summed E-state index contributed by atoms with van der Waals surface area (Å²) in [6, 6.07) is 8.38. The fourth-order valence-electron chi connectivity index (χ4n) is 2.49. The third kappa shape index (κ3) is 3.33. The van der Waals surface area contributed by atoms with Gasteiger partial charge in [-0.25, -0.2) is 4.68 Å². The van der Waals surface area contributed by atoms with Crippen LogP contribution in [-0.4, -0.2) is 15.7 Å². The Morgan fingerprint density at radius 2 is 1.96 bits per heavy atom. The van der Waals surface area contributed by atoms with E-state index in [2.05, 4.69) is 10.4 Å². The average molecular weight is 311 g/mol. The summed E-state index contributed by atoms with van der Waals surface area (Å²) in [5.41, 5.74) is 3.66. The SMILES string of the molecule is Cc1ccc(NC(=O)C(C)n2nc(C3CC3)ccc2=O)cc1C. The molecule has 5 nitrogen and oxygen atoms in total. The minimum atomic E-state index is -0.650. The first-order valence-corrected chi connectivity index (χ1v) is 7.93. The van der Waals surface area contributed by atoms with E-state index in [1.807, 2.05) is 32.0 Å². The number of rotatable bonds is 4. The van der Waals surface area contributed by atoms with Gasteiger partial charge in [-0.3, -0.25) is 9.59 Å². The molecule has 1 unspecified atom stereocenters. The van der Waals surface area contributed by atoms with Crippen molar-refractivity contribution in [1.29, 1.82) is 0 Å². The summed E-state index contributed by atoms with van der Waals surface area (Å²) in [6.07, 6.45) is 2.21. The number of amides is 1. The summed E-state index contributed by atoms with van der Waals surface area (Å²) >= 11 is 0. The molecule has 120 valence electrons. The normalized spacial score (nSPS) is 15.3. The Labute approximate surface area is 135 Å². The van der Waals surface area contributed by atoms with Crippen molar-refractivity contribution >= 4 is 11.6 Å². The van der Waals surface area contributed by atoms with Gasteiger partial charge in [0.1, 0.15) is 6.04 Å². The second-order valence-electron chi connectivity index (χ2n) is 6.28. The number of carbonyl (C=O) groups is 1.